The van der Waals surface area contributed by atoms with Gasteiger partial charge in [-0.1, -0.05) is 0 Å². The fraction of sp³-hybridized carbons (Fsp3) is 0. The van der Waals surface area contributed by atoms with Crippen LogP contribution in [-0.2, 0) is 21.6 Å². The van der Waals surface area contributed by atoms with Crippen molar-refractivity contribution >= 4 is 8.69 Å². The molecular formula is H2MnO3P+. The van der Waals surface area contributed by atoms with Crippen molar-refractivity contribution < 1.29 is 32.0 Å². The number of rotatable bonds is 0. The first-order valence-corrected chi connectivity index (χ1v) is 1.10. The second kappa shape index (κ2) is 24.0. The predicted octanol–water partition coefficient (Wildman–Crippen LogP) is -1.27. The number of hydrogen-bond donors (Lipinski definition) is 0. The average Bonchev–Trinajstić information content (AvgIpc) is 0.918. The van der Waals surface area contributed by atoms with Gasteiger partial charge in [0.25, 0.3) is 0 Å². The van der Waals surface area contributed by atoms with Gasteiger partial charge < -0.3 is 10.4 Å². The largest absolute Gasteiger partial charge is 2.00 e. The van der Waals surface area contributed by atoms with Crippen LogP contribution >= 0.6 is 8.69 Å². The van der Waals surface area contributed by atoms with Gasteiger partial charge in [0.05, 0.1) is 8.69 Å². The molecule has 0 aromatic rings. The van der Waals surface area contributed by atoms with Gasteiger partial charge in [-0.3, -0.25) is 4.57 Å². The van der Waals surface area contributed by atoms with Crippen molar-refractivity contribution in [1.82, 2.24) is 0 Å². The van der Waals surface area contributed by atoms with Crippen molar-refractivity contribution in [1.29, 1.82) is 0 Å². The van der Waals surface area contributed by atoms with E-state index in [0.29, 0.717) is 0 Å². The zero-order valence-corrected chi connectivity index (χ0v) is 4.22. The van der Waals surface area contributed by atoms with Gasteiger partial charge in [0, 0.05) is 0 Å². The second-order valence-electron chi connectivity index (χ2n) is 0.0745. The summed E-state index contributed by atoms with van der Waals surface area (Å²) >= 11 is 0. The minimum atomic E-state index is -1.08. The third kappa shape index (κ3) is 101. The van der Waals surface area contributed by atoms with E-state index in [9.17, 15) is 0 Å². The minimum absolute atomic E-state index is 0. The molecule has 0 heterocycles. The molecule has 0 aliphatic rings. The van der Waals surface area contributed by atoms with E-state index in [-0.39, 0.29) is 22.5 Å². The quantitative estimate of drug-likeness (QED) is 0.307. The molecule has 31 valence electrons. The summed E-state index contributed by atoms with van der Waals surface area (Å²) in [6.45, 7) is 0. The van der Waals surface area contributed by atoms with E-state index in [1.807, 2.05) is 0 Å². The van der Waals surface area contributed by atoms with Gasteiger partial charge in [-0.2, -0.15) is 0 Å². The molecule has 0 bridgehead atoms. The van der Waals surface area contributed by atoms with Crippen LogP contribution in [0, 0.1) is 0 Å². The normalized spacial score (nSPS) is 4.20. The predicted molar refractivity (Wildman–Crippen MR) is 11.2 cm³/mol. The van der Waals surface area contributed by atoms with Crippen LogP contribution in [-0.4, -0.2) is 5.48 Å². The first-order valence-electron chi connectivity index (χ1n) is 0.365. The van der Waals surface area contributed by atoms with Crippen LogP contribution in [0.5, 0.6) is 0 Å². The fourth-order valence-electron chi connectivity index (χ4n) is 0. The van der Waals surface area contributed by atoms with Crippen molar-refractivity contribution in [3.8, 4) is 0 Å². The Morgan fingerprint density at radius 1 is 1.60 bits per heavy atom. The Kier molecular flexibility index (Phi) is 84.9. The molecule has 0 aromatic heterocycles. The molecule has 0 saturated heterocycles. The van der Waals surface area contributed by atoms with Crippen molar-refractivity contribution in [3.63, 3.8) is 0 Å². The maximum Gasteiger partial charge on any atom is 2.00 e. The van der Waals surface area contributed by atoms with Crippen LogP contribution in [0.15, 0.2) is 0 Å². The van der Waals surface area contributed by atoms with E-state index in [0.717, 1.165) is 0 Å². The second-order valence-corrected chi connectivity index (χ2v) is 0.224. The van der Waals surface area contributed by atoms with Crippen molar-refractivity contribution in [2.24, 2.45) is 0 Å². The standard InChI is InChI=1S/Mn.HO2P.H2O/c;1-3-2;/h;(H,1,2);1H2/q+2;;/p-1. The van der Waals surface area contributed by atoms with E-state index in [4.69, 9.17) is 9.46 Å². The molecule has 0 saturated carbocycles. The Balaban J connectivity index is -0.0000000200. The van der Waals surface area contributed by atoms with E-state index < -0.39 is 8.69 Å². The van der Waals surface area contributed by atoms with E-state index in [1.165, 1.54) is 0 Å². The zero-order valence-electron chi connectivity index (χ0n) is 2.14. The van der Waals surface area contributed by atoms with Gasteiger partial charge in [0.2, 0.25) is 0 Å². The number of hydrogen-bond acceptors (Lipinski definition) is 2. The van der Waals surface area contributed by atoms with E-state index in [2.05, 4.69) is 0 Å². The summed E-state index contributed by atoms with van der Waals surface area (Å²) in [6, 6.07) is 0. The monoisotopic (exact) mass is 136 g/mol. The van der Waals surface area contributed by atoms with Gasteiger partial charge in [-0.15, -0.1) is 0 Å². The molecule has 5 heteroatoms. The van der Waals surface area contributed by atoms with Crippen LogP contribution in [0.4, 0.5) is 0 Å². The van der Waals surface area contributed by atoms with Gasteiger partial charge in [0.15, 0.2) is 0 Å². The van der Waals surface area contributed by atoms with Gasteiger partial charge in [0.1, 0.15) is 0 Å². The molecule has 0 rings (SSSR count). The van der Waals surface area contributed by atoms with Crippen LogP contribution in [0.2, 0.25) is 0 Å². The van der Waals surface area contributed by atoms with Crippen molar-refractivity contribution in [3.05, 3.63) is 0 Å². The summed E-state index contributed by atoms with van der Waals surface area (Å²) in [5.74, 6) is 0. The van der Waals surface area contributed by atoms with Crippen LogP contribution in [0.3, 0.4) is 0 Å². The fourth-order valence-corrected chi connectivity index (χ4v) is 0. The van der Waals surface area contributed by atoms with E-state index in [1.54, 1.807) is 0 Å². The minimum Gasteiger partial charge on any atom is -0.772 e. The molecule has 2 N–H and O–H groups in total. The molecule has 0 unspecified atom stereocenters. The summed E-state index contributed by atoms with van der Waals surface area (Å²) in [5.41, 5.74) is 0. The van der Waals surface area contributed by atoms with E-state index >= 15 is 0 Å². The molecule has 0 aliphatic carbocycles. The summed E-state index contributed by atoms with van der Waals surface area (Å²) in [4.78, 5) is 8.35. The van der Waals surface area contributed by atoms with Crippen LogP contribution < -0.4 is 4.89 Å². The smallest absolute Gasteiger partial charge is 0.772 e. The summed E-state index contributed by atoms with van der Waals surface area (Å²) < 4.78 is 8.35. The third-order valence-corrected chi connectivity index (χ3v) is 0. The Bertz CT molecular complexity index is 14.4. The SMILES string of the molecule is O.O=P[O-].[Mn+2]. The van der Waals surface area contributed by atoms with Crippen LogP contribution in [0.1, 0.15) is 0 Å². The molecule has 0 fully saturated rings. The molecule has 3 nitrogen and oxygen atoms in total. The molecule has 0 amide bonds. The van der Waals surface area contributed by atoms with Gasteiger partial charge in [-0.25, -0.2) is 0 Å². The summed E-state index contributed by atoms with van der Waals surface area (Å²) in [7, 11) is -1.08. The third-order valence-electron chi connectivity index (χ3n) is 0. The summed E-state index contributed by atoms with van der Waals surface area (Å²) in [6.07, 6.45) is 0. The molecule has 0 aromatic carbocycles. The maximum absolute atomic E-state index is 8.35. The topological polar surface area (TPSA) is 71.6 Å². The van der Waals surface area contributed by atoms with Crippen molar-refractivity contribution in [2.45, 2.75) is 0 Å². The Hall–Kier alpha value is 0.539. The maximum atomic E-state index is 8.35. The molecule has 0 aliphatic heterocycles. The zero-order chi connectivity index (χ0) is 2.71. The Morgan fingerprint density at radius 3 is 1.60 bits per heavy atom. The molecular weight excluding hydrogens is 134 g/mol. The molecule has 1 radical (unpaired) electrons. The van der Waals surface area contributed by atoms with Crippen LogP contribution in [0.25, 0.3) is 0 Å². The van der Waals surface area contributed by atoms with Gasteiger partial charge in [-0.05, 0) is 0 Å². The Morgan fingerprint density at radius 2 is 1.60 bits per heavy atom. The molecule has 0 atom stereocenters. The average molecular weight is 136 g/mol. The Labute approximate surface area is 41.5 Å². The van der Waals surface area contributed by atoms with Gasteiger partial charge >= 0.3 is 17.1 Å². The first-order chi connectivity index (χ1) is 1.41. The molecule has 5 heavy (non-hydrogen) atoms. The molecule has 0 spiro atoms. The van der Waals surface area contributed by atoms with Crippen molar-refractivity contribution in [2.75, 3.05) is 0 Å². The first kappa shape index (κ1) is 17.7. The summed E-state index contributed by atoms with van der Waals surface area (Å²) in [5, 5.41) is 0.